The monoisotopic (exact) mass is 308 g/mol. The van der Waals surface area contributed by atoms with Crippen LogP contribution in [0.25, 0.3) is 0 Å². The summed E-state index contributed by atoms with van der Waals surface area (Å²) in [5, 5.41) is 0. The van der Waals surface area contributed by atoms with Crippen LogP contribution in [-0.2, 0) is 10.0 Å². The zero-order chi connectivity index (χ0) is 13.2. The number of sulfonamides is 1. The predicted molar refractivity (Wildman–Crippen MR) is 74.2 cm³/mol. The summed E-state index contributed by atoms with van der Waals surface area (Å²) in [4.78, 5) is 0.00264. The summed E-state index contributed by atoms with van der Waals surface area (Å²) in [6, 6.07) is 4.93. The minimum absolute atomic E-state index is 0. The lowest BCUT2D eigenvalue weighted by Crippen LogP contribution is -2.47. The van der Waals surface area contributed by atoms with Crippen molar-refractivity contribution in [2.45, 2.75) is 30.2 Å². The fourth-order valence-corrected chi connectivity index (χ4v) is 4.03. The molecule has 0 bridgehead atoms. The van der Waals surface area contributed by atoms with E-state index in [2.05, 4.69) is 0 Å². The molecule has 1 aliphatic rings. The Kier molecular flexibility index (Phi) is 5.73. The van der Waals surface area contributed by atoms with E-state index >= 15 is 0 Å². The average Bonchev–Trinajstić information content (AvgIpc) is 2.38. The van der Waals surface area contributed by atoms with Crippen molar-refractivity contribution in [3.8, 4) is 0 Å². The highest BCUT2D eigenvalue weighted by molar-refractivity contribution is 7.89. The Balaban J connectivity index is 0.00000180. The first-order valence-corrected chi connectivity index (χ1v) is 7.47. The van der Waals surface area contributed by atoms with Crippen LogP contribution in [0.15, 0.2) is 29.2 Å². The first-order valence-electron chi connectivity index (χ1n) is 6.03. The molecule has 19 heavy (non-hydrogen) atoms. The molecular formula is C12H18ClFN2O2S. The first-order chi connectivity index (χ1) is 8.55. The molecule has 1 unspecified atom stereocenters. The minimum atomic E-state index is -3.63. The number of hydrogen-bond acceptors (Lipinski definition) is 3. The van der Waals surface area contributed by atoms with E-state index in [-0.39, 0.29) is 23.3 Å². The Morgan fingerprint density at radius 3 is 2.74 bits per heavy atom. The van der Waals surface area contributed by atoms with Crippen LogP contribution in [0.2, 0.25) is 0 Å². The van der Waals surface area contributed by atoms with Gasteiger partial charge in [0.25, 0.3) is 0 Å². The van der Waals surface area contributed by atoms with Crippen molar-refractivity contribution in [2.24, 2.45) is 5.73 Å². The van der Waals surface area contributed by atoms with E-state index in [1.54, 1.807) is 0 Å². The van der Waals surface area contributed by atoms with Gasteiger partial charge in [0.1, 0.15) is 5.82 Å². The van der Waals surface area contributed by atoms with Crippen LogP contribution < -0.4 is 5.73 Å². The van der Waals surface area contributed by atoms with Gasteiger partial charge in [-0.2, -0.15) is 4.31 Å². The Hall–Kier alpha value is -0.690. The summed E-state index contributed by atoms with van der Waals surface area (Å²) < 4.78 is 39.4. The summed E-state index contributed by atoms with van der Waals surface area (Å²) >= 11 is 0. The second-order valence-electron chi connectivity index (χ2n) is 4.46. The average molecular weight is 309 g/mol. The third kappa shape index (κ3) is 3.45. The molecule has 1 saturated heterocycles. The molecule has 2 rings (SSSR count). The Bertz CT molecular complexity index is 524. The van der Waals surface area contributed by atoms with E-state index < -0.39 is 15.8 Å². The van der Waals surface area contributed by atoms with Gasteiger partial charge in [-0.05, 0) is 31.0 Å². The second kappa shape index (κ2) is 6.65. The zero-order valence-electron chi connectivity index (χ0n) is 10.5. The van der Waals surface area contributed by atoms with Crippen molar-refractivity contribution >= 4 is 22.4 Å². The van der Waals surface area contributed by atoms with Crippen LogP contribution in [0.4, 0.5) is 4.39 Å². The fraction of sp³-hybridized carbons (Fsp3) is 0.500. The van der Waals surface area contributed by atoms with Crippen LogP contribution in [0.3, 0.4) is 0 Å². The molecule has 4 nitrogen and oxygen atoms in total. The molecule has 0 amide bonds. The minimum Gasteiger partial charge on any atom is -0.329 e. The van der Waals surface area contributed by atoms with Gasteiger partial charge in [-0.1, -0.05) is 12.5 Å². The van der Waals surface area contributed by atoms with Crippen LogP contribution in [0, 0.1) is 5.82 Å². The van der Waals surface area contributed by atoms with Gasteiger partial charge >= 0.3 is 0 Å². The number of halogens is 2. The van der Waals surface area contributed by atoms with E-state index in [1.165, 1.54) is 22.5 Å². The number of piperidine rings is 1. The Labute approximate surface area is 119 Å². The highest BCUT2D eigenvalue weighted by Crippen LogP contribution is 2.25. The van der Waals surface area contributed by atoms with Crippen molar-refractivity contribution in [1.82, 2.24) is 4.31 Å². The summed E-state index contributed by atoms with van der Waals surface area (Å²) in [5.74, 6) is -0.544. The Morgan fingerprint density at radius 2 is 2.11 bits per heavy atom. The largest absolute Gasteiger partial charge is 0.329 e. The molecule has 0 aliphatic carbocycles. The topological polar surface area (TPSA) is 63.4 Å². The quantitative estimate of drug-likeness (QED) is 0.925. The summed E-state index contributed by atoms with van der Waals surface area (Å²) in [7, 11) is -3.63. The molecule has 7 heteroatoms. The number of benzene rings is 1. The SMILES string of the molecule is Cl.NCC1CCCCN1S(=O)(=O)c1cccc(F)c1. The molecule has 1 aromatic carbocycles. The molecule has 1 atom stereocenters. The van der Waals surface area contributed by atoms with Crippen molar-refractivity contribution in [3.63, 3.8) is 0 Å². The first kappa shape index (κ1) is 16.4. The standard InChI is InChI=1S/C12H17FN2O2S.ClH/c13-10-4-3-6-12(8-10)18(16,17)15-7-2-1-5-11(15)9-14;/h3-4,6,8,11H,1-2,5,7,9,14H2;1H. The lowest BCUT2D eigenvalue weighted by atomic mass is 10.1. The van der Waals surface area contributed by atoms with E-state index in [0.29, 0.717) is 13.1 Å². The van der Waals surface area contributed by atoms with Crippen molar-refractivity contribution in [2.75, 3.05) is 13.1 Å². The van der Waals surface area contributed by atoms with E-state index in [1.807, 2.05) is 0 Å². The normalized spacial score (nSPS) is 20.8. The maximum Gasteiger partial charge on any atom is 0.243 e. The fourth-order valence-electron chi connectivity index (χ4n) is 2.29. The van der Waals surface area contributed by atoms with Crippen LogP contribution >= 0.6 is 12.4 Å². The molecule has 0 aromatic heterocycles. The van der Waals surface area contributed by atoms with Crippen LogP contribution in [0.5, 0.6) is 0 Å². The molecule has 108 valence electrons. The molecule has 2 N–H and O–H groups in total. The smallest absolute Gasteiger partial charge is 0.243 e. The predicted octanol–water partition coefficient (Wildman–Crippen LogP) is 1.75. The van der Waals surface area contributed by atoms with Gasteiger partial charge in [0, 0.05) is 19.1 Å². The summed E-state index contributed by atoms with van der Waals surface area (Å²) in [5.41, 5.74) is 5.62. The lowest BCUT2D eigenvalue weighted by Gasteiger charge is -2.33. The second-order valence-corrected chi connectivity index (χ2v) is 6.35. The van der Waals surface area contributed by atoms with Crippen molar-refractivity contribution in [1.29, 1.82) is 0 Å². The van der Waals surface area contributed by atoms with Gasteiger partial charge in [0.2, 0.25) is 10.0 Å². The maximum absolute atomic E-state index is 13.1. The maximum atomic E-state index is 13.1. The molecular weight excluding hydrogens is 291 g/mol. The van der Waals surface area contributed by atoms with Crippen molar-refractivity contribution in [3.05, 3.63) is 30.1 Å². The van der Waals surface area contributed by atoms with Gasteiger partial charge in [0.05, 0.1) is 4.90 Å². The zero-order valence-corrected chi connectivity index (χ0v) is 12.1. The molecule has 1 aromatic rings. The highest BCUT2D eigenvalue weighted by Gasteiger charge is 2.32. The molecule has 1 aliphatic heterocycles. The van der Waals surface area contributed by atoms with E-state index in [4.69, 9.17) is 5.73 Å². The lowest BCUT2D eigenvalue weighted by molar-refractivity contribution is 0.257. The van der Waals surface area contributed by atoms with Crippen LogP contribution in [0.1, 0.15) is 19.3 Å². The van der Waals surface area contributed by atoms with E-state index in [0.717, 1.165) is 25.3 Å². The molecule has 1 fully saturated rings. The number of nitrogens with two attached hydrogens (primary N) is 1. The number of rotatable bonds is 3. The van der Waals surface area contributed by atoms with Gasteiger partial charge in [-0.15, -0.1) is 12.4 Å². The van der Waals surface area contributed by atoms with Gasteiger partial charge < -0.3 is 5.73 Å². The third-order valence-corrected chi connectivity index (χ3v) is 5.20. The molecule has 0 radical (unpaired) electrons. The summed E-state index contributed by atoms with van der Waals surface area (Å²) in [6.45, 7) is 0.759. The van der Waals surface area contributed by atoms with Crippen molar-refractivity contribution < 1.29 is 12.8 Å². The molecule has 0 saturated carbocycles. The number of hydrogen-bond donors (Lipinski definition) is 1. The highest BCUT2D eigenvalue weighted by atomic mass is 35.5. The third-order valence-electron chi connectivity index (χ3n) is 3.25. The molecule has 1 heterocycles. The van der Waals surface area contributed by atoms with Gasteiger partial charge in [0.15, 0.2) is 0 Å². The number of nitrogens with zero attached hydrogens (tertiary/aromatic N) is 1. The summed E-state index contributed by atoms with van der Waals surface area (Å²) in [6.07, 6.45) is 2.58. The molecule has 0 spiro atoms. The van der Waals surface area contributed by atoms with Gasteiger partial charge in [-0.25, -0.2) is 12.8 Å². The van der Waals surface area contributed by atoms with E-state index in [9.17, 15) is 12.8 Å². The van der Waals surface area contributed by atoms with Gasteiger partial charge in [-0.3, -0.25) is 0 Å². The Morgan fingerprint density at radius 1 is 1.37 bits per heavy atom. The van der Waals surface area contributed by atoms with Crippen LogP contribution in [-0.4, -0.2) is 31.9 Å².